The fraction of sp³-hybridized carbons (Fsp3) is 0.250. The predicted molar refractivity (Wildman–Crippen MR) is 82.1 cm³/mol. The van der Waals surface area contributed by atoms with Crippen LogP contribution in [0.4, 0.5) is 5.69 Å². The quantitative estimate of drug-likeness (QED) is 0.842. The number of hydrogen-bond donors (Lipinski definition) is 1. The van der Waals surface area contributed by atoms with Crippen molar-refractivity contribution >= 4 is 21.6 Å². The molecule has 0 unspecified atom stereocenters. The summed E-state index contributed by atoms with van der Waals surface area (Å²) in [7, 11) is 0. The molecule has 1 nitrogen and oxygen atoms in total. The third kappa shape index (κ3) is 2.75. The van der Waals surface area contributed by atoms with Crippen LogP contribution in [-0.4, -0.2) is 0 Å². The van der Waals surface area contributed by atoms with Gasteiger partial charge in [0.25, 0.3) is 0 Å². The Morgan fingerprint density at radius 1 is 0.944 bits per heavy atom. The Hall–Kier alpha value is -1.28. The van der Waals surface area contributed by atoms with Crippen molar-refractivity contribution in [2.45, 2.75) is 27.3 Å². The maximum Gasteiger partial charge on any atom is 0.0406 e. The van der Waals surface area contributed by atoms with E-state index in [0.29, 0.717) is 0 Å². The fourth-order valence-corrected chi connectivity index (χ4v) is 2.48. The van der Waals surface area contributed by atoms with Gasteiger partial charge in [-0.2, -0.15) is 0 Å². The van der Waals surface area contributed by atoms with Crippen molar-refractivity contribution in [1.82, 2.24) is 0 Å². The molecule has 0 aliphatic heterocycles. The first kappa shape index (κ1) is 13.2. The minimum Gasteiger partial charge on any atom is -0.381 e. The molecule has 2 aromatic carbocycles. The Morgan fingerprint density at radius 3 is 2.22 bits per heavy atom. The highest BCUT2D eigenvalue weighted by Crippen LogP contribution is 2.24. The molecule has 0 spiro atoms. The number of benzene rings is 2. The fourth-order valence-electron chi connectivity index (χ4n) is 2.11. The molecule has 0 aliphatic carbocycles. The Balaban J connectivity index is 2.19. The van der Waals surface area contributed by atoms with E-state index in [1.807, 2.05) is 0 Å². The molecule has 2 rings (SSSR count). The zero-order valence-electron chi connectivity index (χ0n) is 11.0. The minimum absolute atomic E-state index is 0.871. The normalized spacial score (nSPS) is 10.4. The topological polar surface area (TPSA) is 12.0 Å². The highest BCUT2D eigenvalue weighted by Gasteiger charge is 2.04. The zero-order chi connectivity index (χ0) is 13.1. The summed E-state index contributed by atoms with van der Waals surface area (Å²) < 4.78 is 1.15. The number of aryl methyl sites for hydroxylation is 2. The third-order valence-electron chi connectivity index (χ3n) is 3.37. The lowest BCUT2D eigenvalue weighted by molar-refractivity contribution is 1.08. The van der Waals surface area contributed by atoms with Crippen molar-refractivity contribution in [3.63, 3.8) is 0 Å². The summed E-state index contributed by atoms with van der Waals surface area (Å²) in [6.45, 7) is 7.32. The second-order valence-corrected chi connectivity index (χ2v) is 5.49. The minimum atomic E-state index is 0.871. The largest absolute Gasteiger partial charge is 0.381 e. The first-order valence-electron chi connectivity index (χ1n) is 6.13. The van der Waals surface area contributed by atoms with Gasteiger partial charge in [0.1, 0.15) is 0 Å². The van der Waals surface area contributed by atoms with Crippen LogP contribution in [-0.2, 0) is 6.54 Å². The molecule has 0 saturated carbocycles. The van der Waals surface area contributed by atoms with Crippen molar-refractivity contribution in [2.75, 3.05) is 5.32 Å². The van der Waals surface area contributed by atoms with Gasteiger partial charge in [-0.05, 0) is 55.2 Å². The lowest BCUT2D eigenvalue weighted by Crippen LogP contribution is -2.04. The van der Waals surface area contributed by atoms with Crippen molar-refractivity contribution in [2.24, 2.45) is 0 Å². The number of rotatable bonds is 3. The highest BCUT2D eigenvalue weighted by atomic mass is 79.9. The molecule has 0 saturated heterocycles. The van der Waals surface area contributed by atoms with Crippen molar-refractivity contribution in [1.29, 1.82) is 0 Å². The molecule has 0 heterocycles. The second kappa shape index (κ2) is 5.57. The number of halogens is 1. The number of hydrogen-bond acceptors (Lipinski definition) is 1. The summed E-state index contributed by atoms with van der Waals surface area (Å²) in [4.78, 5) is 0. The van der Waals surface area contributed by atoms with Crippen LogP contribution in [0.1, 0.15) is 22.3 Å². The van der Waals surface area contributed by atoms with Gasteiger partial charge in [0.2, 0.25) is 0 Å². The van der Waals surface area contributed by atoms with Gasteiger partial charge in [0.15, 0.2) is 0 Å². The molecule has 0 radical (unpaired) electrons. The summed E-state index contributed by atoms with van der Waals surface area (Å²) in [6, 6.07) is 12.7. The summed E-state index contributed by atoms with van der Waals surface area (Å²) in [5.74, 6) is 0. The average molecular weight is 304 g/mol. The van der Waals surface area contributed by atoms with E-state index >= 15 is 0 Å². The summed E-state index contributed by atoms with van der Waals surface area (Å²) in [5.41, 5.74) is 6.51. The molecule has 0 aromatic heterocycles. The van der Waals surface area contributed by atoms with E-state index in [1.165, 1.54) is 27.9 Å². The van der Waals surface area contributed by atoms with E-state index in [4.69, 9.17) is 0 Å². The lowest BCUT2D eigenvalue weighted by Gasteiger charge is -2.14. The molecule has 1 N–H and O–H groups in total. The molecule has 2 heteroatoms. The predicted octanol–water partition coefficient (Wildman–Crippen LogP) is 4.99. The standard InChI is InChI=1S/C16H18BrN/c1-11-6-4-7-12(2)14(11)10-18-16-9-5-8-15(17)13(16)3/h4-9,18H,10H2,1-3H3. The van der Waals surface area contributed by atoms with Gasteiger partial charge in [-0.25, -0.2) is 0 Å². The van der Waals surface area contributed by atoms with Gasteiger partial charge >= 0.3 is 0 Å². The van der Waals surface area contributed by atoms with Crippen LogP contribution in [0.5, 0.6) is 0 Å². The molecule has 0 bridgehead atoms. The Kier molecular flexibility index (Phi) is 4.07. The Labute approximate surface area is 117 Å². The molecule has 94 valence electrons. The maximum atomic E-state index is 3.56. The van der Waals surface area contributed by atoms with Crippen molar-refractivity contribution in [3.8, 4) is 0 Å². The van der Waals surface area contributed by atoms with Gasteiger partial charge in [0.05, 0.1) is 0 Å². The van der Waals surface area contributed by atoms with E-state index in [2.05, 4.69) is 78.4 Å². The van der Waals surface area contributed by atoms with E-state index < -0.39 is 0 Å². The van der Waals surface area contributed by atoms with E-state index in [9.17, 15) is 0 Å². The lowest BCUT2D eigenvalue weighted by atomic mass is 10.0. The van der Waals surface area contributed by atoms with Gasteiger partial charge in [-0.1, -0.05) is 40.2 Å². The summed E-state index contributed by atoms with van der Waals surface area (Å²) in [5, 5.41) is 3.52. The summed E-state index contributed by atoms with van der Waals surface area (Å²) in [6.07, 6.45) is 0. The average Bonchev–Trinajstić information content (AvgIpc) is 2.33. The molecule has 0 fully saturated rings. The van der Waals surface area contributed by atoms with Gasteiger partial charge in [-0.3, -0.25) is 0 Å². The van der Waals surface area contributed by atoms with Crippen LogP contribution < -0.4 is 5.32 Å². The van der Waals surface area contributed by atoms with Crippen LogP contribution in [0.25, 0.3) is 0 Å². The van der Waals surface area contributed by atoms with Gasteiger partial charge < -0.3 is 5.32 Å². The van der Waals surface area contributed by atoms with Crippen LogP contribution in [0, 0.1) is 20.8 Å². The van der Waals surface area contributed by atoms with Gasteiger partial charge in [-0.15, -0.1) is 0 Å². The van der Waals surface area contributed by atoms with Crippen molar-refractivity contribution < 1.29 is 0 Å². The number of anilines is 1. The molecule has 18 heavy (non-hydrogen) atoms. The van der Waals surface area contributed by atoms with Crippen LogP contribution in [0.3, 0.4) is 0 Å². The van der Waals surface area contributed by atoms with E-state index in [0.717, 1.165) is 11.0 Å². The summed E-state index contributed by atoms with van der Waals surface area (Å²) >= 11 is 3.56. The second-order valence-electron chi connectivity index (χ2n) is 4.64. The Morgan fingerprint density at radius 2 is 1.56 bits per heavy atom. The SMILES string of the molecule is Cc1cccc(C)c1CNc1cccc(Br)c1C. The van der Waals surface area contributed by atoms with Gasteiger partial charge in [0, 0.05) is 16.7 Å². The molecule has 0 aliphatic rings. The maximum absolute atomic E-state index is 3.56. The number of nitrogens with one attached hydrogen (secondary N) is 1. The monoisotopic (exact) mass is 303 g/mol. The highest BCUT2D eigenvalue weighted by molar-refractivity contribution is 9.10. The molecule has 0 amide bonds. The molecule has 0 atom stereocenters. The van der Waals surface area contributed by atoms with Crippen LogP contribution in [0.2, 0.25) is 0 Å². The Bertz CT molecular complexity index is 541. The third-order valence-corrected chi connectivity index (χ3v) is 4.23. The van der Waals surface area contributed by atoms with Crippen LogP contribution >= 0.6 is 15.9 Å². The zero-order valence-corrected chi connectivity index (χ0v) is 12.6. The van der Waals surface area contributed by atoms with E-state index in [-0.39, 0.29) is 0 Å². The molecular weight excluding hydrogens is 286 g/mol. The van der Waals surface area contributed by atoms with Crippen molar-refractivity contribution in [3.05, 3.63) is 63.1 Å². The first-order valence-corrected chi connectivity index (χ1v) is 6.93. The van der Waals surface area contributed by atoms with E-state index in [1.54, 1.807) is 0 Å². The first-order chi connectivity index (χ1) is 8.59. The smallest absolute Gasteiger partial charge is 0.0406 e. The van der Waals surface area contributed by atoms with Crippen LogP contribution in [0.15, 0.2) is 40.9 Å². The molecular formula is C16H18BrN. The molecule has 2 aromatic rings.